The van der Waals surface area contributed by atoms with Crippen LogP contribution in [0.1, 0.15) is 27.2 Å². The first-order valence-corrected chi connectivity index (χ1v) is 12.4. The van der Waals surface area contributed by atoms with Crippen LogP contribution in [0, 0.1) is 6.92 Å². The summed E-state index contributed by atoms with van der Waals surface area (Å²) in [6.07, 6.45) is -0.728. The number of hydrogen-bond donors (Lipinski definition) is 4. The number of aliphatic hydroxyl groups excluding tert-OH is 1. The van der Waals surface area contributed by atoms with Gasteiger partial charge in [0.25, 0.3) is 11.8 Å². The summed E-state index contributed by atoms with van der Waals surface area (Å²) in [5.41, 5.74) is 2.49. The normalized spacial score (nSPS) is 12.5. The minimum absolute atomic E-state index is 0.0962. The van der Waals surface area contributed by atoms with Crippen molar-refractivity contribution in [3.05, 3.63) is 111 Å². The quantitative estimate of drug-likeness (QED) is 0.260. The summed E-state index contributed by atoms with van der Waals surface area (Å²) in [5, 5.41) is 17.0. The molecule has 0 saturated heterocycles. The van der Waals surface area contributed by atoms with Crippen LogP contribution in [0.2, 0.25) is 0 Å². The molecule has 2 amide bonds. The first-order chi connectivity index (χ1) is 18.4. The lowest BCUT2D eigenvalue weighted by Gasteiger charge is -2.24. The average Bonchev–Trinajstić information content (AvgIpc) is 2.95. The van der Waals surface area contributed by atoms with Crippen LogP contribution < -0.4 is 20.8 Å². The van der Waals surface area contributed by atoms with E-state index in [2.05, 4.69) is 15.6 Å². The minimum atomic E-state index is -1.51. The van der Waals surface area contributed by atoms with E-state index in [4.69, 9.17) is 4.74 Å². The number of aromatic nitrogens is 1. The molecule has 38 heavy (non-hydrogen) atoms. The van der Waals surface area contributed by atoms with Gasteiger partial charge in [-0.15, -0.1) is 0 Å². The van der Waals surface area contributed by atoms with Gasteiger partial charge in [-0.3, -0.25) is 14.4 Å². The Kier molecular flexibility index (Phi) is 8.55. The molecule has 4 aromatic rings. The largest absolute Gasteiger partial charge is 0.497 e. The van der Waals surface area contributed by atoms with Crippen LogP contribution in [0.15, 0.2) is 83.7 Å². The fourth-order valence-corrected chi connectivity index (χ4v) is 4.32. The van der Waals surface area contributed by atoms with E-state index in [1.54, 1.807) is 38.3 Å². The number of pyridine rings is 1. The summed E-state index contributed by atoms with van der Waals surface area (Å²) in [6.45, 7) is 1.89. The number of rotatable bonds is 10. The second-order valence-corrected chi connectivity index (χ2v) is 9.10. The minimum Gasteiger partial charge on any atom is -0.497 e. The maximum Gasteiger partial charge on any atom is 0.268 e. The Morgan fingerprint density at radius 2 is 1.63 bits per heavy atom. The number of H-pyrrole nitrogens is 1. The third kappa shape index (κ3) is 6.27. The van der Waals surface area contributed by atoms with Crippen LogP contribution in [0.4, 0.5) is 0 Å². The molecule has 8 heteroatoms. The first kappa shape index (κ1) is 26.6. The Bertz CT molecular complexity index is 1470. The number of fused-ring (bicyclic) bond motifs is 1. The Morgan fingerprint density at radius 3 is 2.34 bits per heavy atom. The van der Waals surface area contributed by atoms with E-state index in [0.717, 1.165) is 16.9 Å². The summed E-state index contributed by atoms with van der Waals surface area (Å²) < 4.78 is 5.16. The molecule has 0 bridgehead atoms. The smallest absolute Gasteiger partial charge is 0.268 e. The van der Waals surface area contributed by atoms with Crippen LogP contribution >= 0.6 is 0 Å². The number of hydrogen-bond acceptors (Lipinski definition) is 5. The third-order valence-corrected chi connectivity index (χ3v) is 6.51. The molecule has 2 atom stereocenters. The van der Waals surface area contributed by atoms with Crippen LogP contribution in [0.3, 0.4) is 0 Å². The summed E-state index contributed by atoms with van der Waals surface area (Å²) in [6, 6.07) is 22.8. The highest BCUT2D eigenvalue weighted by Gasteiger charge is 2.29. The van der Waals surface area contributed by atoms with Crippen molar-refractivity contribution in [2.45, 2.75) is 31.9 Å². The zero-order valence-corrected chi connectivity index (χ0v) is 21.4. The summed E-state index contributed by atoms with van der Waals surface area (Å²) in [7, 11) is 1.60. The molecule has 0 aliphatic rings. The molecule has 196 valence electrons. The maximum atomic E-state index is 13.3. The van der Waals surface area contributed by atoms with E-state index in [1.807, 2.05) is 54.6 Å². The summed E-state index contributed by atoms with van der Waals surface area (Å²) in [5.74, 6) is -0.421. The van der Waals surface area contributed by atoms with Crippen molar-refractivity contribution in [2.75, 3.05) is 13.7 Å². The highest BCUT2D eigenvalue weighted by molar-refractivity contribution is 5.97. The maximum absolute atomic E-state index is 13.3. The number of aliphatic hydroxyl groups is 1. The molecule has 1 heterocycles. The van der Waals surface area contributed by atoms with Crippen molar-refractivity contribution >= 4 is 22.7 Å². The number of carbonyl (C=O) groups is 2. The number of aromatic amines is 1. The van der Waals surface area contributed by atoms with Gasteiger partial charge in [-0.2, -0.15) is 0 Å². The molecule has 8 nitrogen and oxygen atoms in total. The van der Waals surface area contributed by atoms with E-state index in [0.29, 0.717) is 23.9 Å². The molecule has 0 saturated carbocycles. The fraction of sp³-hybridized carbons (Fsp3) is 0.233. The van der Waals surface area contributed by atoms with E-state index < -0.39 is 24.0 Å². The molecule has 0 aliphatic carbocycles. The number of methoxy groups -OCH3 is 1. The fourth-order valence-electron chi connectivity index (χ4n) is 4.32. The van der Waals surface area contributed by atoms with Crippen molar-refractivity contribution in [3.63, 3.8) is 0 Å². The lowest BCUT2D eigenvalue weighted by Crippen LogP contribution is -2.52. The van der Waals surface area contributed by atoms with E-state index >= 15 is 0 Å². The van der Waals surface area contributed by atoms with Crippen LogP contribution in [0.25, 0.3) is 10.9 Å². The van der Waals surface area contributed by atoms with Gasteiger partial charge >= 0.3 is 0 Å². The standard InChI is InChI=1S/C30H31N3O5/c1-19-26(32-24-11-7-6-10-23(24)27(19)34)29(36)33-25(18-21-8-4-3-5-9-21)28(35)30(37)31-17-16-20-12-14-22(38-2)15-13-20/h3-15,25,28,35H,16-18H2,1-2H3,(H,31,37)(H,32,34)(H,33,36). The monoisotopic (exact) mass is 513 g/mol. The number of carbonyl (C=O) groups excluding carboxylic acids is 2. The summed E-state index contributed by atoms with van der Waals surface area (Å²) >= 11 is 0. The number of nitrogens with one attached hydrogen (secondary N) is 3. The van der Waals surface area contributed by atoms with Gasteiger partial charge in [0.1, 0.15) is 11.4 Å². The molecule has 0 spiro atoms. The molecule has 0 aliphatic heterocycles. The number of ether oxygens (including phenoxy) is 1. The van der Waals surface area contributed by atoms with Gasteiger partial charge in [-0.1, -0.05) is 54.6 Å². The Morgan fingerprint density at radius 1 is 0.947 bits per heavy atom. The Hall–Kier alpha value is -4.43. The average molecular weight is 514 g/mol. The summed E-state index contributed by atoms with van der Waals surface area (Å²) in [4.78, 5) is 42.0. The molecule has 2 unspecified atom stereocenters. The van der Waals surface area contributed by atoms with Crippen LogP contribution in [0.5, 0.6) is 5.75 Å². The van der Waals surface area contributed by atoms with Crippen molar-refractivity contribution < 1.29 is 19.4 Å². The molecular formula is C30H31N3O5. The topological polar surface area (TPSA) is 121 Å². The Labute approximate surface area is 220 Å². The van der Waals surface area contributed by atoms with Crippen molar-refractivity contribution in [1.29, 1.82) is 0 Å². The highest BCUT2D eigenvalue weighted by Crippen LogP contribution is 2.14. The predicted octanol–water partition coefficient (Wildman–Crippen LogP) is 2.91. The van der Waals surface area contributed by atoms with Gasteiger partial charge in [-0.25, -0.2) is 0 Å². The van der Waals surface area contributed by atoms with Crippen LogP contribution in [-0.2, 0) is 17.6 Å². The second kappa shape index (κ2) is 12.2. The predicted molar refractivity (Wildman–Crippen MR) is 146 cm³/mol. The zero-order valence-electron chi connectivity index (χ0n) is 21.4. The van der Waals surface area contributed by atoms with E-state index in [9.17, 15) is 19.5 Å². The number of para-hydroxylation sites is 1. The lowest BCUT2D eigenvalue weighted by molar-refractivity contribution is -0.130. The van der Waals surface area contributed by atoms with Gasteiger partial charge in [-0.05, 0) is 55.2 Å². The molecule has 4 N–H and O–H groups in total. The van der Waals surface area contributed by atoms with Gasteiger partial charge in [0.15, 0.2) is 11.5 Å². The molecule has 4 rings (SSSR count). The van der Waals surface area contributed by atoms with Gasteiger partial charge < -0.3 is 25.5 Å². The third-order valence-electron chi connectivity index (χ3n) is 6.51. The second-order valence-electron chi connectivity index (χ2n) is 9.10. The van der Waals surface area contributed by atoms with Crippen molar-refractivity contribution in [2.24, 2.45) is 0 Å². The number of amides is 2. The molecule has 0 radical (unpaired) electrons. The van der Waals surface area contributed by atoms with Crippen molar-refractivity contribution in [3.8, 4) is 5.75 Å². The molecule has 0 fully saturated rings. The van der Waals surface area contributed by atoms with E-state index in [1.165, 1.54) is 0 Å². The Balaban J connectivity index is 1.49. The molecular weight excluding hydrogens is 482 g/mol. The van der Waals surface area contributed by atoms with Crippen LogP contribution in [-0.4, -0.2) is 47.7 Å². The van der Waals surface area contributed by atoms with Gasteiger partial charge in [0.05, 0.1) is 13.2 Å². The number of benzene rings is 3. The molecule has 3 aromatic carbocycles. The lowest BCUT2D eigenvalue weighted by atomic mass is 9.99. The van der Waals surface area contributed by atoms with Gasteiger partial charge in [0.2, 0.25) is 0 Å². The first-order valence-electron chi connectivity index (χ1n) is 12.4. The SMILES string of the molecule is COc1ccc(CCNC(=O)C(O)C(Cc2ccccc2)NC(=O)c2[nH]c3ccccc3c(=O)c2C)cc1. The van der Waals surface area contributed by atoms with Crippen molar-refractivity contribution in [1.82, 2.24) is 15.6 Å². The molecule has 1 aromatic heterocycles. The highest BCUT2D eigenvalue weighted by atomic mass is 16.5. The zero-order chi connectivity index (χ0) is 27.1. The van der Waals surface area contributed by atoms with Gasteiger partial charge in [0, 0.05) is 23.0 Å². The van der Waals surface area contributed by atoms with E-state index in [-0.39, 0.29) is 23.1 Å².